The summed E-state index contributed by atoms with van der Waals surface area (Å²) >= 11 is 0. The smallest absolute Gasteiger partial charge is 0.321 e. The number of fused-ring (bicyclic) bond motifs is 1. The molecular formula is C13H13N3O5S. The number of carbonyl (C=O) groups excluding carboxylic acids is 3. The number of amides is 4. The zero-order chi connectivity index (χ0) is 16.3. The van der Waals surface area contributed by atoms with E-state index in [0.29, 0.717) is 4.31 Å². The Kier molecular flexibility index (Phi) is 4.27. The highest BCUT2D eigenvalue weighted by Gasteiger charge is 2.41. The molecule has 0 fully saturated rings. The molecule has 0 aromatic heterocycles. The average Bonchev–Trinajstić information content (AvgIpc) is 2.67. The van der Waals surface area contributed by atoms with Crippen LogP contribution in [0.4, 0.5) is 4.79 Å². The van der Waals surface area contributed by atoms with E-state index in [1.54, 1.807) is 0 Å². The minimum atomic E-state index is -4.07. The fraction of sp³-hybridized carbons (Fsp3) is 0.154. The van der Waals surface area contributed by atoms with Crippen molar-refractivity contribution in [3.05, 3.63) is 42.5 Å². The predicted octanol–water partition coefficient (Wildman–Crippen LogP) is -0.157. The summed E-state index contributed by atoms with van der Waals surface area (Å²) in [7, 11) is -4.07. The van der Waals surface area contributed by atoms with Gasteiger partial charge in [0.15, 0.2) is 0 Å². The molecule has 0 bridgehead atoms. The largest absolute Gasteiger partial charge is 0.334 e. The lowest BCUT2D eigenvalue weighted by Gasteiger charge is -2.14. The minimum absolute atomic E-state index is 0.00593. The van der Waals surface area contributed by atoms with Crippen molar-refractivity contribution < 1.29 is 22.8 Å². The maximum absolute atomic E-state index is 12.2. The summed E-state index contributed by atoms with van der Waals surface area (Å²) in [5, 5.41) is 4.23. The van der Waals surface area contributed by atoms with Crippen molar-refractivity contribution in [3.8, 4) is 0 Å². The first-order valence-corrected chi connectivity index (χ1v) is 7.66. The Morgan fingerprint density at radius 3 is 2.59 bits per heavy atom. The van der Waals surface area contributed by atoms with Crippen LogP contribution in [-0.4, -0.2) is 43.7 Å². The Labute approximate surface area is 126 Å². The predicted molar refractivity (Wildman–Crippen MR) is 76.4 cm³/mol. The Balaban J connectivity index is 2.12. The van der Waals surface area contributed by atoms with Gasteiger partial charge in [-0.2, -0.15) is 0 Å². The van der Waals surface area contributed by atoms with Gasteiger partial charge in [0.05, 0.1) is 5.56 Å². The Bertz CT molecular complexity index is 757. The molecule has 4 amide bonds. The summed E-state index contributed by atoms with van der Waals surface area (Å²) in [4.78, 5) is 34.9. The first-order chi connectivity index (χ1) is 10.4. The van der Waals surface area contributed by atoms with Crippen molar-refractivity contribution in [2.75, 3.05) is 13.1 Å². The number of nitrogens with one attached hydrogen (secondary N) is 2. The standard InChI is InChI=1S/C13H13N3O5S/c1-2-7-14-13(19)15-11(17)8-16-12(18)9-5-3-4-6-10(9)22(16,20)21/h2-6H,1,7-8H2,(H2,14,15,17,19). The van der Waals surface area contributed by atoms with Gasteiger partial charge in [-0.15, -0.1) is 6.58 Å². The summed E-state index contributed by atoms with van der Waals surface area (Å²) in [6.45, 7) is 2.77. The molecule has 2 rings (SSSR count). The van der Waals surface area contributed by atoms with Crippen LogP contribution in [0.1, 0.15) is 10.4 Å². The summed E-state index contributed by atoms with van der Waals surface area (Å²) in [5.74, 6) is -1.71. The number of imide groups is 1. The van der Waals surface area contributed by atoms with Crippen molar-refractivity contribution in [2.45, 2.75) is 4.90 Å². The Morgan fingerprint density at radius 1 is 1.27 bits per heavy atom. The van der Waals surface area contributed by atoms with Crippen LogP contribution in [0.2, 0.25) is 0 Å². The van der Waals surface area contributed by atoms with Gasteiger partial charge in [0, 0.05) is 6.54 Å². The third kappa shape index (κ3) is 2.84. The van der Waals surface area contributed by atoms with Gasteiger partial charge in [-0.25, -0.2) is 17.5 Å². The molecule has 9 heteroatoms. The van der Waals surface area contributed by atoms with Crippen LogP contribution in [0.25, 0.3) is 0 Å². The molecule has 2 N–H and O–H groups in total. The third-order valence-corrected chi connectivity index (χ3v) is 4.65. The second kappa shape index (κ2) is 5.98. The van der Waals surface area contributed by atoms with E-state index in [9.17, 15) is 22.8 Å². The van der Waals surface area contributed by atoms with Gasteiger partial charge in [-0.05, 0) is 12.1 Å². The fourth-order valence-corrected chi connectivity index (χ4v) is 3.42. The van der Waals surface area contributed by atoms with Crippen LogP contribution in [-0.2, 0) is 14.8 Å². The van der Waals surface area contributed by atoms with Crippen molar-refractivity contribution in [1.29, 1.82) is 0 Å². The molecule has 1 heterocycles. The van der Waals surface area contributed by atoms with Gasteiger partial charge in [-0.1, -0.05) is 18.2 Å². The first kappa shape index (κ1) is 15.7. The number of sulfonamides is 1. The van der Waals surface area contributed by atoms with E-state index in [4.69, 9.17) is 0 Å². The van der Waals surface area contributed by atoms with Crippen LogP contribution < -0.4 is 10.6 Å². The molecule has 1 aromatic rings. The third-order valence-electron chi connectivity index (χ3n) is 2.86. The minimum Gasteiger partial charge on any atom is -0.334 e. The van der Waals surface area contributed by atoms with Crippen LogP contribution in [0.3, 0.4) is 0 Å². The molecule has 22 heavy (non-hydrogen) atoms. The zero-order valence-electron chi connectivity index (χ0n) is 11.4. The van der Waals surface area contributed by atoms with E-state index < -0.39 is 34.4 Å². The lowest BCUT2D eigenvalue weighted by atomic mass is 10.2. The van der Waals surface area contributed by atoms with Gasteiger partial charge in [-0.3, -0.25) is 14.9 Å². The maximum atomic E-state index is 12.2. The van der Waals surface area contributed by atoms with E-state index in [1.165, 1.54) is 30.3 Å². The van der Waals surface area contributed by atoms with Gasteiger partial charge in [0.2, 0.25) is 5.91 Å². The molecule has 0 saturated heterocycles. The fourth-order valence-electron chi connectivity index (χ4n) is 1.89. The second-order valence-electron chi connectivity index (χ2n) is 4.36. The number of benzene rings is 1. The highest BCUT2D eigenvalue weighted by atomic mass is 32.2. The molecule has 1 aromatic carbocycles. The zero-order valence-corrected chi connectivity index (χ0v) is 12.2. The number of urea groups is 1. The molecule has 1 aliphatic heterocycles. The van der Waals surface area contributed by atoms with Crippen LogP contribution in [0.5, 0.6) is 0 Å². The normalized spacial score (nSPS) is 15.1. The highest BCUT2D eigenvalue weighted by Crippen LogP contribution is 2.29. The number of nitrogens with zero attached hydrogens (tertiary/aromatic N) is 1. The Hall–Kier alpha value is -2.68. The summed E-state index contributed by atoms with van der Waals surface area (Å²) in [6, 6.07) is 4.86. The van der Waals surface area contributed by atoms with Gasteiger partial charge in [0.1, 0.15) is 11.4 Å². The summed E-state index contributed by atoms with van der Waals surface area (Å²) < 4.78 is 24.8. The molecular weight excluding hydrogens is 310 g/mol. The number of carbonyl (C=O) groups is 3. The van der Waals surface area contributed by atoms with Crippen molar-refractivity contribution in [1.82, 2.24) is 14.9 Å². The molecule has 0 saturated carbocycles. The number of hydrogen-bond donors (Lipinski definition) is 2. The van der Waals surface area contributed by atoms with Crippen molar-refractivity contribution >= 4 is 27.9 Å². The molecule has 0 aliphatic carbocycles. The highest BCUT2D eigenvalue weighted by molar-refractivity contribution is 7.90. The molecule has 0 spiro atoms. The van der Waals surface area contributed by atoms with Gasteiger partial charge in [0.25, 0.3) is 15.9 Å². The molecule has 0 unspecified atom stereocenters. The molecule has 0 radical (unpaired) electrons. The van der Waals surface area contributed by atoms with Crippen LogP contribution >= 0.6 is 0 Å². The monoisotopic (exact) mass is 323 g/mol. The molecule has 0 atom stereocenters. The Morgan fingerprint density at radius 2 is 1.95 bits per heavy atom. The second-order valence-corrected chi connectivity index (χ2v) is 6.19. The van der Waals surface area contributed by atoms with Gasteiger partial charge < -0.3 is 5.32 Å². The maximum Gasteiger partial charge on any atom is 0.321 e. The molecule has 1 aliphatic rings. The SMILES string of the molecule is C=CCNC(=O)NC(=O)CN1C(=O)c2ccccc2S1(=O)=O. The molecule has 8 nitrogen and oxygen atoms in total. The van der Waals surface area contributed by atoms with Crippen LogP contribution in [0.15, 0.2) is 41.8 Å². The van der Waals surface area contributed by atoms with E-state index in [2.05, 4.69) is 11.9 Å². The topological polar surface area (TPSA) is 113 Å². The number of hydrogen-bond acceptors (Lipinski definition) is 5. The number of rotatable bonds is 4. The van der Waals surface area contributed by atoms with Gasteiger partial charge >= 0.3 is 6.03 Å². The van der Waals surface area contributed by atoms with Crippen molar-refractivity contribution in [2.24, 2.45) is 0 Å². The van der Waals surface area contributed by atoms with E-state index in [1.807, 2.05) is 5.32 Å². The van der Waals surface area contributed by atoms with Crippen molar-refractivity contribution in [3.63, 3.8) is 0 Å². The van der Waals surface area contributed by atoms with E-state index >= 15 is 0 Å². The van der Waals surface area contributed by atoms with E-state index in [0.717, 1.165) is 0 Å². The van der Waals surface area contributed by atoms with Crippen LogP contribution in [0, 0.1) is 0 Å². The quantitative estimate of drug-likeness (QED) is 0.748. The first-order valence-electron chi connectivity index (χ1n) is 6.22. The lowest BCUT2D eigenvalue weighted by molar-refractivity contribution is -0.119. The summed E-state index contributed by atoms with van der Waals surface area (Å²) in [6.07, 6.45) is 1.41. The van der Waals surface area contributed by atoms with E-state index in [-0.39, 0.29) is 17.0 Å². The lowest BCUT2D eigenvalue weighted by Crippen LogP contribution is -2.45. The average molecular weight is 323 g/mol. The molecule has 116 valence electrons. The summed E-state index contributed by atoms with van der Waals surface area (Å²) in [5.41, 5.74) is 0.00593.